The number of ether oxygens (including phenoxy) is 1. The van der Waals surface area contributed by atoms with Gasteiger partial charge in [-0.25, -0.2) is 0 Å². The quantitative estimate of drug-likeness (QED) is 0.554. The van der Waals surface area contributed by atoms with Gasteiger partial charge in [-0.1, -0.05) is 6.92 Å². The van der Waals surface area contributed by atoms with Gasteiger partial charge in [0, 0.05) is 26.9 Å². The van der Waals surface area contributed by atoms with Crippen LogP contribution < -0.4 is 5.73 Å². The highest BCUT2D eigenvalue weighted by atomic mass is 79.9. The molecule has 0 bridgehead atoms. The van der Waals surface area contributed by atoms with Gasteiger partial charge in [0.2, 0.25) is 0 Å². The van der Waals surface area contributed by atoms with Gasteiger partial charge in [0.1, 0.15) is 12.0 Å². The van der Waals surface area contributed by atoms with Crippen LogP contribution in [0.3, 0.4) is 0 Å². The lowest BCUT2D eigenvalue weighted by Crippen LogP contribution is -2.36. The highest BCUT2D eigenvalue weighted by Crippen LogP contribution is 2.33. The van der Waals surface area contributed by atoms with Gasteiger partial charge >= 0.3 is 0 Å². The zero-order valence-electron chi connectivity index (χ0n) is 11.7. The third kappa shape index (κ3) is 3.78. The minimum absolute atomic E-state index is 0.0636. The van der Waals surface area contributed by atoms with Gasteiger partial charge in [-0.15, -0.1) is 0 Å². The molecule has 20 heavy (non-hydrogen) atoms. The lowest BCUT2D eigenvalue weighted by Gasteiger charge is -2.26. The van der Waals surface area contributed by atoms with Crippen molar-refractivity contribution in [2.45, 2.75) is 39.0 Å². The number of hydrogen-bond donors (Lipinski definition) is 1. The Morgan fingerprint density at radius 1 is 1.45 bits per heavy atom. The fourth-order valence-electron chi connectivity index (χ4n) is 1.95. The number of rotatable bonds is 7. The van der Waals surface area contributed by atoms with Gasteiger partial charge in [-0.05, 0) is 37.9 Å². The van der Waals surface area contributed by atoms with Crippen molar-refractivity contribution in [2.75, 3.05) is 7.11 Å². The van der Waals surface area contributed by atoms with Crippen LogP contribution >= 0.6 is 31.9 Å². The molecule has 1 rings (SSSR count). The third-order valence-corrected chi connectivity index (χ3v) is 5.05. The van der Waals surface area contributed by atoms with E-state index >= 15 is 0 Å². The van der Waals surface area contributed by atoms with Crippen molar-refractivity contribution in [3.8, 4) is 0 Å². The van der Waals surface area contributed by atoms with Crippen LogP contribution in [0.15, 0.2) is 15.1 Å². The maximum absolute atomic E-state index is 11.8. The van der Waals surface area contributed by atoms with E-state index in [2.05, 4.69) is 31.9 Å². The normalized spacial score (nSPS) is 14.1. The predicted octanol–water partition coefficient (Wildman–Crippen LogP) is 3.06. The summed E-state index contributed by atoms with van der Waals surface area (Å²) >= 11 is 6.79. The van der Waals surface area contributed by atoms with Crippen LogP contribution in [0.25, 0.3) is 0 Å². The first kappa shape index (κ1) is 17.6. The summed E-state index contributed by atoms with van der Waals surface area (Å²) in [5.41, 5.74) is 6.43. The molecule has 2 atom stereocenters. The second-order valence-electron chi connectivity index (χ2n) is 4.46. The molecule has 1 aromatic rings. The van der Waals surface area contributed by atoms with E-state index in [1.54, 1.807) is 17.6 Å². The van der Waals surface area contributed by atoms with Gasteiger partial charge in [0.05, 0.1) is 20.8 Å². The van der Waals surface area contributed by atoms with E-state index in [4.69, 9.17) is 10.5 Å². The molecule has 0 saturated heterocycles. The molecule has 0 aliphatic carbocycles. The summed E-state index contributed by atoms with van der Waals surface area (Å²) in [6.45, 7) is 3.27. The summed E-state index contributed by atoms with van der Waals surface area (Å²) in [6.07, 6.45) is -0.0485. The standard InChI is InChI=1S/C13H18Br2N2O3/c1-4-8(19)5-11(13(16)20-3)17-10(7(2)18)6-9(14)12(17)15/h6,11,13H,4-5,16H2,1-3H3/t11-,13-/m1/s1. The van der Waals surface area contributed by atoms with Gasteiger partial charge in [0.15, 0.2) is 5.78 Å². The Balaban J connectivity index is 3.32. The maximum atomic E-state index is 11.8. The summed E-state index contributed by atoms with van der Waals surface area (Å²) in [4.78, 5) is 23.6. The summed E-state index contributed by atoms with van der Waals surface area (Å²) in [5.74, 6) is -0.0395. The number of nitrogens with zero attached hydrogens (tertiary/aromatic N) is 1. The van der Waals surface area contributed by atoms with E-state index in [1.165, 1.54) is 14.0 Å². The highest BCUT2D eigenvalue weighted by molar-refractivity contribution is 9.13. The first-order valence-electron chi connectivity index (χ1n) is 6.20. The van der Waals surface area contributed by atoms with Crippen LogP contribution in [-0.4, -0.2) is 29.5 Å². The first-order valence-corrected chi connectivity index (χ1v) is 7.79. The number of halogens is 2. The van der Waals surface area contributed by atoms with E-state index in [0.29, 0.717) is 16.7 Å². The molecule has 0 saturated carbocycles. The van der Waals surface area contributed by atoms with Crippen LogP contribution in [0.4, 0.5) is 0 Å². The highest BCUT2D eigenvalue weighted by Gasteiger charge is 2.28. The van der Waals surface area contributed by atoms with Crippen molar-refractivity contribution in [3.63, 3.8) is 0 Å². The molecule has 0 amide bonds. The van der Waals surface area contributed by atoms with Gasteiger partial charge in [0.25, 0.3) is 0 Å². The van der Waals surface area contributed by atoms with Crippen molar-refractivity contribution < 1.29 is 14.3 Å². The Labute approximate surface area is 135 Å². The van der Waals surface area contributed by atoms with Crippen LogP contribution in [-0.2, 0) is 9.53 Å². The molecule has 0 unspecified atom stereocenters. The fourth-order valence-corrected chi connectivity index (χ4v) is 2.93. The number of carbonyl (C=O) groups excluding carboxylic acids is 2. The zero-order valence-corrected chi connectivity index (χ0v) is 14.8. The van der Waals surface area contributed by atoms with E-state index in [1.807, 2.05) is 0 Å². The molecule has 1 heterocycles. The molecule has 0 aliphatic heterocycles. The lowest BCUT2D eigenvalue weighted by atomic mass is 10.1. The molecule has 5 nitrogen and oxygen atoms in total. The molecule has 0 radical (unpaired) electrons. The molecule has 0 spiro atoms. The summed E-state index contributed by atoms with van der Waals surface area (Å²) in [6, 6.07) is 1.27. The van der Waals surface area contributed by atoms with Crippen molar-refractivity contribution in [1.82, 2.24) is 4.57 Å². The van der Waals surface area contributed by atoms with Crippen molar-refractivity contribution >= 4 is 43.4 Å². The van der Waals surface area contributed by atoms with E-state index < -0.39 is 12.3 Å². The molecule has 1 aromatic heterocycles. The van der Waals surface area contributed by atoms with Crippen LogP contribution in [0.5, 0.6) is 0 Å². The predicted molar refractivity (Wildman–Crippen MR) is 83.8 cm³/mol. The average Bonchev–Trinajstić information content (AvgIpc) is 2.71. The Kier molecular flexibility index (Phi) is 6.57. The number of Topliss-reactive ketones (excluding diaryl/α,β-unsaturated/α-hetero) is 2. The largest absolute Gasteiger partial charge is 0.365 e. The smallest absolute Gasteiger partial charge is 0.176 e. The Morgan fingerprint density at radius 2 is 2.05 bits per heavy atom. The molecule has 2 N–H and O–H groups in total. The third-order valence-electron chi connectivity index (χ3n) is 3.11. The van der Waals surface area contributed by atoms with Crippen molar-refractivity contribution in [2.24, 2.45) is 5.73 Å². The Bertz CT molecular complexity index is 514. The molecule has 0 fully saturated rings. The topological polar surface area (TPSA) is 74.3 Å². The van der Waals surface area contributed by atoms with Gasteiger partial charge in [-0.2, -0.15) is 0 Å². The minimum Gasteiger partial charge on any atom is -0.365 e. The number of methoxy groups -OCH3 is 1. The van der Waals surface area contributed by atoms with Crippen LogP contribution in [0.1, 0.15) is 43.2 Å². The van der Waals surface area contributed by atoms with Crippen molar-refractivity contribution in [1.29, 1.82) is 0 Å². The van der Waals surface area contributed by atoms with Crippen LogP contribution in [0, 0.1) is 0 Å². The molecule has 7 heteroatoms. The summed E-state index contributed by atoms with van der Waals surface area (Å²) in [7, 11) is 1.48. The molecular formula is C13H18Br2N2O3. The molecule has 0 aromatic carbocycles. The number of hydrogen-bond acceptors (Lipinski definition) is 4. The molecular weight excluding hydrogens is 392 g/mol. The van der Waals surface area contributed by atoms with E-state index in [0.717, 1.165) is 4.47 Å². The maximum Gasteiger partial charge on any atom is 0.176 e. The number of nitrogens with two attached hydrogens (primary N) is 1. The SMILES string of the molecule is CCC(=O)C[C@H]([C@H](N)OC)n1c(C(C)=O)cc(Br)c1Br. The molecule has 0 aliphatic rings. The first-order chi connectivity index (χ1) is 9.33. The number of ketones is 2. The fraction of sp³-hybridized carbons (Fsp3) is 0.538. The van der Waals surface area contributed by atoms with Gasteiger partial charge < -0.3 is 15.0 Å². The van der Waals surface area contributed by atoms with Gasteiger partial charge in [-0.3, -0.25) is 9.59 Å². The lowest BCUT2D eigenvalue weighted by molar-refractivity contribution is -0.120. The van der Waals surface area contributed by atoms with E-state index in [9.17, 15) is 9.59 Å². The molecule has 112 valence electrons. The number of carbonyl (C=O) groups is 2. The second kappa shape index (κ2) is 7.49. The summed E-state index contributed by atoms with van der Waals surface area (Å²) < 4.78 is 8.29. The summed E-state index contributed by atoms with van der Waals surface area (Å²) in [5, 5.41) is 0. The Hall–Kier alpha value is -0.500. The average molecular weight is 410 g/mol. The van der Waals surface area contributed by atoms with Crippen LogP contribution in [0.2, 0.25) is 0 Å². The van der Waals surface area contributed by atoms with Crippen molar-refractivity contribution in [3.05, 3.63) is 20.8 Å². The number of aromatic nitrogens is 1. The second-order valence-corrected chi connectivity index (χ2v) is 6.06. The monoisotopic (exact) mass is 408 g/mol. The van der Waals surface area contributed by atoms with E-state index in [-0.39, 0.29) is 18.0 Å². The zero-order chi connectivity index (χ0) is 15.4. The minimum atomic E-state index is -0.681. The Morgan fingerprint density at radius 3 is 2.50 bits per heavy atom.